The van der Waals surface area contributed by atoms with Gasteiger partial charge in [0.05, 0.1) is 25.4 Å². The molecule has 3 N–H and O–H groups in total. The highest BCUT2D eigenvalue weighted by atomic mass is 16.3. The number of nitrogens with zero attached hydrogens (tertiary/aromatic N) is 1. The molecule has 1 fully saturated rings. The van der Waals surface area contributed by atoms with Crippen LogP contribution in [0.1, 0.15) is 13.3 Å². The molecule has 13 heavy (non-hydrogen) atoms. The molecule has 4 heteroatoms. The summed E-state index contributed by atoms with van der Waals surface area (Å²) in [6, 6.07) is 0. The Morgan fingerprint density at radius 3 is 1.92 bits per heavy atom. The summed E-state index contributed by atoms with van der Waals surface area (Å²) in [5, 5.41) is 27.3. The van der Waals surface area contributed by atoms with Gasteiger partial charge < -0.3 is 15.3 Å². The third-order valence-corrected chi connectivity index (χ3v) is 3.09. The smallest absolute Gasteiger partial charge is 0.0906 e. The largest absolute Gasteiger partial charge is 0.394 e. The summed E-state index contributed by atoms with van der Waals surface area (Å²) in [6.07, 6.45) is 1.12. The van der Waals surface area contributed by atoms with Crippen LogP contribution in [0.3, 0.4) is 0 Å². The van der Waals surface area contributed by atoms with E-state index in [0.29, 0.717) is 5.92 Å². The molecule has 0 aromatic rings. The molecule has 0 saturated carbocycles. The first-order chi connectivity index (χ1) is 6.22. The number of aliphatic hydroxyl groups excluding tert-OH is 3. The number of hydrogen-bond acceptors (Lipinski definition) is 4. The second-order valence-electron chi connectivity index (χ2n) is 3.88. The second kappa shape index (κ2) is 4.37. The Kier molecular flexibility index (Phi) is 3.67. The van der Waals surface area contributed by atoms with Crippen molar-refractivity contribution in [3.63, 3.8) is 0 Å². The summed E-state index contributed by atoms with van der Waals surface area (Å²) in [7, 11) is 0. The van der Waals surface area contributed by atoms with Crippen molar-refractivity contribution >= 4 is 0 Å². The van der Waals surface area contributed by atoms with Crippen LogP contribution in [0.4, 0.5) is 0 Å². The van der Waals surface area contributed by atoms with E-state index >= 15 is 0 Å². The Morgan fingerprint density at radius 2 is 1.62 bits per heavy atom. The fourth-order valence-electron chi connectivity index (χ4n) is 1.67. The predicted octanol–water partition coefficient (Wildman–Crippen LogP) is -0.956. The second-order valence-corrected chi connectivity index (χ2v) is 3.88. The Hall–Kier alpha value is -0.160. The van der Waals surface area contributed by atoms with Gasteiger partial charge in [-0.1, -0.05) is 13.3 Å². The summed E-state index contributed by atoms with van der Waals surface area (Å²) in [4.78, 5) is 1.96. The van der Waals surface area contributed by atoms with Gasteiger partial charge in [0.1, 0.15) is 0 Å². The molecule has 0 aromatic heterocycles. The monoisotopic (exact) mass is 189 g/mol. The average Bonchev–Trinajstić information content (AvgIpc) is 2.11. The standard InChI is InChI=1S/C9H19NO3/c1-2-8-3-10(4-8)9(5-11,6-12)7-13/h8,11-13H,2-7H2,1H3. The summed E-state index contributed by atoms with van der Waals surface area (Å²) in [5.41, 5.74) is -0.800. The van der Waals surface area contributed by atoms with E-state index < -0.39 is 5.54 Å². The lowest BCUT2D eigenvalue weighted by Crippen LogP contribution is -2.65. The SMILES string of the molecule is CCC1CN(C(CO)(CO)CO)C1. The van der Waals surface area contributed by atoms with Crippen LogP contribution in [0, 0.1) is 5.92 Å². The average molecular weight is 189 g/mol. The van der Waals surface area contributed by atoms with Gasteiger partial charge in [-0.2, -0.15) is 0 Å². The normalized spacial score (nSPS) is 20.3. The summed E-state index contributed by atoms with van der Waals surface area (Å²) in [6.45, 7) is 3.32. The number of likely N-dealkylation sites (tertiary alicyclic amines) is 1. The molecule has 0 atom stereocenters. The van der Waals surface area contributed by atoms with Crippen molar-refractivity contribution in [2.24, 2.45) is 5.92 Å². The third-order valence-electron chi connectivity index (χ3n) is 3.09. The van der Waals surface area contributed by atoms with Crippen molar-refractivity contribution in [2.45, 2.75) is 18.9 Å². The first kappa shape index (κ1) is 10.9. The van der Waals surface area contributed by atoms with Crippen molar-refractivity contribution in [3.8, 4) is 0 Å². The first-order valence-electron chi connectivity index (χ1n) is 4.80. The number of rotatable bonds is 5. The minimum absolute atomic E-state index is 0.184. The lowest BCUT2D eigenvalue weighted by atomic mass is 9.89. The van der Waals surface area contributed by atoms with Crippen molar-refractivity contribution in [2.75, 3.05) is 32.9 Å². The van der Waals surface area contributed by atoms with Crippen molar-refractivity contribution in [1.29, 1.82) is 0 Å². The van der Waals surface area contributed by atoms with E-state index in [1.165, 1.54) is 0 Å². The van der Waals surface area contributed by atoms with E-state index in [1.807, 2.05) is 4.90 Å². The van der Waals surface area contributed by atoms with Crippen molar-refractivity contribution in [1.82, 2.24) is 4.90 Å². The van der Waals surface area contributed by atoms with Crippen molar-refractivity contribution in [3.05, 3.63) is 0 Å². The lowest BCUT2D eigenvalue weighted by Gasteiger charge is -2.50. The first-order valence-corrected chi connectivity index (χ1v) is 4.80. The van der Waals surface area contributed by atoms with Crippen LogP contribution in [0.15, 0.2) is 0 Å². The van der Waals surface area contributed by atoms with Crippen LogP contribution in [-0.4, -0.2) is 58.7 Å². The molecule has 4 nitrogen and oxygen atoms in total. The topological polar surface area (TPSA) is 63.9 Å². The molecule has 0 bridgehead atoms. The zero-order chi connectivity index (χ0) is 9.90. The molecule has 0 spiro atoms. The maximum atomic E-state index is 9.11. The number of hydrogen-bond donors (Lipinski definition) is 3. The van der Waals surface area contributed by atoms with Crippen LogP contribution >= 0.6 is 0 Å². The van der Waals surface area contributed by atoms with Gasteiger partial charge in [0.15, 0.2) is 0 Å². The maximum absolute atomic E-state index is 9.11. The fraction of sp³-hybridized carbons (Fsp3) is 1.00. The molecule has 1 saturated heterocycles. The number of aliphatic hydroxyl groups is 3. The minimum atomic E-state index is -0.800. The molecule has 0 amide bonds. The van der Waals surface area contributed by atoms with Crippen LogP contribution < -0.4 is 0 Å². The van der Waals surface area contributed by atoms with Gasteiger partial charge in [-0.25, -0.2) is 0 Å². The fourth-order valence-corrected chi connectivity index (χ4v) is 1.67. The predicted molar refractivity (Wildman–Crippen MR) is 49.3 cm³/mol. The molecular formula is C9H19NO3. The van der Waals surface area contributed by atoms with E-state index in [0.717, 1.165) is 19.5 Å². The summed E-state index contributed by atoms with van der Waals surface area (Å²) in [5.74, 6) is 0.657. The van der Waals surface area contributed by atoms with Crippen molar-refractivity contribution < 1.29 is 15.3 Å². The van der Waals surface area contributed by atoms with Gasteiger partial charge in [0.25, 0.3) is 0 Å². The molecule has 78 valence electrons. The summed E-state index contributed by atoms with van der Waals surface area (Å²) >= 11 is 0. The molecule has 0 radical (unpaired) electrons. The zero-order valence-corrected chi connectivity index (χ0v) is 8.11. The highest BCUT2D eigenvalue weighted by Gasteiger charge is 2.41. The third kappa shape index (κ3) is 1.86. The van der Waals surface area contributed by atoms with Gasteiger partial charge in [-0.15, -0.1) is 0 Å². The summed E-state index contributed by atoms with van der Waals surface area (Å²) < 4.78 is 0. The van der Waals surface area contributed by atoms with E-state index in [-0.39, 0.29) is 19.8 Å². The molecule has 1 rings (SSSR count). The van der Waals surface area contributed by atoms with Crippen LogP contribution in [0.25, 0.3) is 0 Å². The van der Waals surface area contributed by atoms with E-state index in [2.05, 4.69) is 6.92 Å². The molecule has 0 unspecified atom stereocenters. The van der Waals surface area contributed by atoms with Gasteiger partial charge in [-0.05, 0) is 5.92 Å². The highest BCUT2D eigenvalue weighted by molar-refractivity contribution is 4.96. The van der Waals surface area contributed by atoms with Gasteiger partial charge in [0, 0.05) is 13.1 Å². The van der Waals surface area contributed by atoms with Crippen LogP contribution in [0.5, 0.6) is 0 Å². The minimum Gasteiger partial charge on any atom is -0.394 e. The van der Waals surface area contributed by atoms with Crippen LogP contribution in [-0.2, 0) is 0 Å². The van der Waals surface area contributed by atoms with E-state index in [4.69, 9.17) is 15.3 Å². The van der Waals surface area contributed by atoms with Gasteiger partial charge in [0.2, 0.25) is 0 Å². The van der Waals surface area contributed by atoms with Gasteiger partial charge >= 0.3 is 0 Å². The van der Waals surface area contributed by atoms with E-state index in [9.17, 15) is 0 Å². The lowest BCUT2D eigenvalue weighted by molar-refractivity contribution is -0.0981. The maximum Gasteiger partial charge on any atom is 0.0906 e. The molecule has 0 aliphatic carbocycles. The quantitative estimate of drug-likeness (QED) is 0.521. The Balaban J connectivity index is 2.48. The molecular weight excluding hydrogens is 170 g/mol. The Bertz CT molecular complexity index is 145. The zero-order valence-electron chi connectivity index (χ0n) is 8.11. The molecule has 0 aromatic carbocycles. The Labute approximate surface area is 78.8 Å². The highest BCUT2D eigenvalue weighted by Crippen LogP contribution is 2.27. The van der Waals surface area contributed by atoms with Crippen LogP contribution in [0.2, 0.25) is 0 Å². The van der Waals surface area contributed by atoms with Gasteiger partial charge in [-0.3, -0.25) is 4.90 Å². The van der Waals surface area contributed by atoms with E-state index in [1.54, 1.807) is 0 Å². The molecule has 1 heterocycles. The molecule has 1 aliphatic heterocycles. The molecule has 1 aliphatic rings. The Morgan fingerprint density at radius 1 is 1.15 bits per heavy atom.